The Morgan fingerprint density at radius 2 is 1.65 bits per heavy atom. The number of nitro benzene ring substituents is 1. The number of ether oxygens (including phenoxy) is 1. The molecule has 254 valence electrons. The molecule has 2 N–H and O–H groups in total. The first kappa shape index (κ1) is 34.0. The first-order valence-corrected chi connectivity index (χ1v) is 17.6. The van der Waals surface area contributed by atoms with E-state index < -0.39 is 4.92 Å². The SMILES string of the molecule is CCCN1C(=CC=C2CCCC(C=CC3=[N+](CCC)c4ccccc4C3(C)C)=C2Oc2ccc(N)c([N+](=O)[O-])c2)C(C)(C)c2ccccc21. The maximum atomic E-state index is 11.8. The van der Waals surface area contributed by atoms with Crippen molar-refractivity contribution in [3.05, 3.63) is 135 Å². The van der Waals surface area contributed by atoms with Crippen LogP contribution >= 0.6 is 0 Å². The first-order chi connectivity index (χ1) is 23.5. The molecule has 0 spiro atoms. The zero-order valence-electron chi connectivity index (χ0n) is 29.8. The predicted molar refractivity (Wildman–Crippen MR) is 201 cm³/mol. The highest BCUT2D eigenvalue weighted by Gasteiger charge is 2.44. The number of para-hydroxylation sites is 2. The van der Waals surface area contributed by atoms with Gasteiger partial charge >= 0.3 is 0 Å². The van der Waals surface area contributed by atoms with E-state index in [-0.39, 0.29) is 22.2 Å². The van der Waals surface area contributed by atoms with Crippen LogP contribution in [0.4, 0.5) is 22.7 Å². The van der Waals surface area contributed by atoms with Gasteiger partial charge in [0.05, 0.1) is 16.4 Å². The van der Waals surface area contributed by atoms with Gasteiger partial charge in [-0.15, -0.1) is 0 Å². The van der Waals surface area contributed by atoms with E-state index in [0.29, 0.717) is 5.75 Å². The molecule has 2 aliphatic heterocycles. The molecule has 0 radical (unpaired) electrons. The summed E-state index contributed by atoms with van der Waals surface area (Å²) in [7, 11) is 0. The number of rotatable bonds is 10. The van der Waals surface area contributed by atoms with Crippen molar-refractivity contribution in [2.45, 2.75) is 84.5 Å². The molecule has 7 heteroatoms. The van der Waals surface area contributed by atoms with Crippen LogP contribution < -0.4 is 15.4 Å². The van der Waals surface area contributed by atoms with Crippen molar-refractivity contribution in [3.63, 3.8) is 0 Å². The summed E-state index contributed by atoms with van der Waals surface area (Å²) < 4.78 is 9.11. The van der Waals surface area contributed by atoms with Crippen molar-refractivity contribution in [3.8, 4) is 5.75 Å². The molecule has 49 heavy (non-hydrogen) atoms. The second-order valence-corrected chi connectivity index (χ2v) is 14.3. The van der Waals surface area contributed by atoms with Crippen molar-refractivity contribution >= 4 is 28.5 Å². The summed E-state index contributed by atoms with van der Waals surface area (Å²) in [4.78, 5) is 13.8. The lowest BCUT2D eigenvalue weighted by Crippen LogP contribution is -2.28. The van der Waals surface area contributed by atoms with Crippen LogP contribution in [-0.2, 0) is 10.8 Å². The maximum absolute atomic E-state index is 11.8. The van der Waals surface area contributed by atoms with Crippen molar-refractivity contribution in [1.82, 2.24) is 0 Å². The number of anilines is 2. The topological polar surface area (TPSA) is 84.6 Å². The molecule has 0 bridgehead atoms. The summed E-state index contributed by atoms with van der Waals surface area (Å²) in [5.41, 5.74) is 15.4. The third-order valence-corrected chi connectivity index (χ3v) is 10.3. The van der Waals surface area contributed by atoms with Crippen molar-refractivity contribution in [1.29, 1.82) is 0 Å². The Balaban J connectivity index is 1.47. The van der Waals surface area contributed by atoms with Crippen LogP contribution in [-0.4, -0.2) is 28.3 Å². The number of allylic oxidation sites excluding steroid dienone is 7. The largest absolute Gasteiger partial charge is 0.457 e. The minimum Gasteiger partial charge on any atom is -0.457 e. The predicted octanol–water partition coefficient (Wildman–Crippen LogP) is 10.1. The number of hydrogen-bond donors (Lipinski definition) is 1. The van der Waals surface area contributed by atoms with E-state index in [1.54, 1.807) is 12.1 Å². The fourth-order valence-electron chi connectivity index (χ4n) is 7.78. The summed E-state index contributed by atoms with van der Waals surface area (Å²) in [6.07, 6.45) is 13.7. The normalized spacial score (nSPS) is 19.7. The lowest BCUT2D eigenvalue weighted by atomic mass is 9.81. The zero-order valence-corrected chi connectivity index (χ0v) is 29.8. The number of fused-ring (bicyclic) bond motifs is 2. The van der Waals surface area contributed by atoms with Crippen molar-refractivity contribution < 1.29 is 14.2 Å². The summed E-state index contributed by atoms with van der Waals surface area (Å²) >= 11 is 0. The van der Waals surface area contributed by atoms with E-state index >= 15 is 0 Å². The van der Waals surface area contributed by atoms with E-state index in [0.717, 1.165) is 62.1 Å². The fourth-order valence-corrected chi connectivity index (χ4v) is 7.78. The van der Waals surface area contributed by atoms with Gasteiger partial charge in [0.2, 0.25) is 5.69 Å². The zero-order chi connectivity index (χ0) is 34.9. The second-order valence-electron chi connectivity index (χ2n) is 14.3. The van der Waals surface area contributed by atoms with Gasteiger partial charge in [-0.25, -0.2) is 0 Å². The van der Waals surface area contributed by atoms with Gasteiger partial charge < -0.3 is 15.4 Å². The van der Waals surface area contributed by atoms with Crippen LogP contribution in [0.15, 0.2) is 114 Å². The molecule has 0 fully saturated rings. The molecular formula is C42H49N4O3+. The van der Waals surface area contributed by atoms with Crippen LogP contribution in [0.25, 0.3) is 0 Å². The quantitative estimate of drug-likeness (QED) is 0.102. The van der Waals surface area contributed by atoms with Crippen LogP contribution in [0.3, 0.4) is 0 Å². The highest BCUT2D eigenvalue weighted by Crippen LogP contribution is 2.48. The van der Waals surface area contributed by atoms with Gasteiger partial charge in [0.1, 0.15) is 23.7 Å². The van der Waals surface area contributed by atoms with E-state index in [4.69, 9.17) is 10.5 Å². The third-order valence-electron chi connectivity index (χ3n) is 10.3. The summed E-state index contributed by atoms with van der Waals surface area (Å²) in [5, 5.41) is 11.8. The molecule has 3 aromatic rings. The fraction of sp³-hybridized carbons (Fsp3) is 0.357. The van der Waals surface area contributed by atoms with E-state index in [1.807, 2.05) is 0 Å². The molecule has 2 heterocycles. The second kappa shape index (κ2) is 13.5. The van der Waals surface area contributed by atoms with Gasteiger partial charge in [0, 0.05) is 47.5 Å². The number of nitro groups is 1. The standard InChI is InChI=1S/C42H49N4O3/c1-7-26-44-35-18-11-9-16-32(35)41(3,4)38(44)24-20-29-14-13-15-30(40(29)49-31-22-23-34(43)37(28-31)46(47)48)21-25-39-42(5,6)33-17-10-12-19-36(33)45(39)27-8-2/h9-12,16-25,28H,7-8,13-15,26-27,43H2,1-6H3/q+1. The molecule has 1 aliphatic carbocycles. The van der Waals surface area contributed by atoms with Gasteiger partial charge in [0.25, 0.3) is 5.69 Å². The monoisotopic (exact) mass is 657 g/mol. The molecule has 0 aromatic heterocycles. The molecule has 0 amide bonds. The van der Waals surface area contributed by atoms with E-state index in [9.17, 15) is 10.1 Å². The number of nitrogens with zero attached hydrogens (tertiary/aromatic N) is 3. The van der Waals surface area contributed by atoms with Crippen LogP contribution in [0.2, 0.25) is 0 Å². The molecule has 0 unspecified atom stereocenters. The minimum absolute atomic E-state index is 0.116. The Bertz CT molecular complexity index is 1940. The number of hydrogen-bond acceptors (Lipinski definition) is 5. The highest BCUT2D eigenvalue weighted by atomic mass is 16.6. The summed E-state index contributed by atoms with van der Waals surface area (Å²) in [5.74, 6) is 1.15. The van der Waals surface area contributed by atoms with Crippen molar-refractivity contribution in [2.24, 2.45) is 0 Å². The minimum atomic E-state index is -0.458. The molecule has 3 aromatic carbocycles. The molecule has 0 saturated heterocycles. The Morgan fingerprint density at radius 3 is 2.39 bits per heavy atom. The Morgan fingerprint density at radius 1 is 0.918 bits per heavy atom. The summed E-state index contributed by atoms with van der Waals surface area (Å²) in [6.45, 7) is 15.5. The Kier molecular flexibility index (Phi) is 9.39. The lowest BCUT2D eigenvalue weighted by molar-refractivity contribution is -0.437. The number of nitrogen functional groups attached to an aromatic ring is 1. The van der Waals surface area contributed by atoms with Crippen molar-refractivity contribution in [2.75, 3.05) is 23.7 Å². The van der Waals surface area contributed by atoms with E-state index in [1.165, 1.54) is 40.0 Å². The molecule has 3 aliphatic rings. The van der Waals surface area contributed by atoms with Gasteiger partial charge in [0.15, 0.2) is 5.71 Å². The van der Waals surface area contributed by atoms with Crippen LogP contribution in [0.5, 0.6) is 5.75 Å². The maximum Gasteiger partial charge on any atom is 0.295 e. The number of benzene rings is 3. The first-order valence-electron chi connectivity index (χ1n) is 17.6. The van der Waals surface area contributed by atoms with Gasteiger partial charge in [-0.2, -0.15) is 4.58 Å². The van der Waals surface area contributed by atoms with Gasteiger partial charge in [-0.05, 0) is 86.6 Å². The average Bonchev–Trinajstić information content (AvgIpc) is 3.43. The average molecular weight is 658 g/mol. The van der Waals surface area contributed by atoms with Crippen LogP contribution in [0, 0.1) is 10.1 Å². The molecule has 0 atom stereocenters. The Labute approximate surface area is 290 Å². The highest BCUT2D eigenvalue weighted by molar-refractivity contribution is 6.03. The molecule has 7 nitrogen and oxygen atoms in total. The van der Waals surface area contributed by atoms with Gasteiger partial charge in [-0.1, -0.05) is 70.2 Å². The smallest absolute Gasteiger partial charge is 0.295 e. The Hall–Kier alpha value is -4.91. The van der Waals surface area contributed by atoms with Gasteiger partial charge in [-0.3, -0.25) is 10.1 Å². The van der Waals surface area contributed by atoms with Crippen LogP contribution in [0.1, 0.15) is 84.8 Å². The van der Waals surface area contributed by atoms with E-state index in [2.05, 4.69) is 124 Å². The third kappa shape index (κ3) is 6.23. The molecule has 6 rings (SSSR count). The lowest BCUT2D eigenvalue weighted by Gasteiger charge is -2.27. The molecule has 0 saturated carbocycles. The number of nitrogens with two attached hydrogens (primary N) is 1. The molecular weight excluding hydrogens is 608 g/mol. The summed E-state index contributed by atoms with van der Waals surface area (Å²) in [6, 6.07) is 22.1.